The maximum atomic E-state index is 12.2. The molecule has 0 saturated carbocycles. The van der Waals surface area contributed by atoms with E-state index in [1.54, 1.807) is 6.08 Å². The molecule has 0 unspecified atom stereocenters. The molecular formula is C24H31NO4. The molecule has 0 aliphatic heterocycles. The molecule has 0 aromatic heterocycles. The van der Waals surface area contributed by atoms with Gasteiger partial charge < -0.3 is 19.5 Å². The quantitative estimate of drug-likeness (QED) is 0.530. The van der Waals surface area contributed by atoms with Crippen molar-refractivity contribution in [1.29, 1.82) is 0 Å². The van der Waals surface area contributed by atoms with Gasteiger partial charge in [0.25, 0.3) is 0 Å². The Morgan fingerprint density at radius 1 is 0.931 bits per heavy atom. The molecule has 0 saturated heterocycles. The number of ether oxygens (including phenoxy) is 3. The fourth-order valence-electron chi connectivity index (χ4n) is 2.77. The second-order valence-electron chi connectivity index (χ2n) is 6.41. The van der Waals surface area contributed by atoms with Crippen LogP contribution in [0.2, 0.25) is 0 Å². The number of carbonyl (C=O) groups is 1. The third kappa shape index (κ3) is 7.53. The van der Waals surface area contributed by atoms with Gasteiger partial charge in [0, 0.05) is 18.2 Å². The molecule has 5 nitrogen and oxygen atoms in total. The van der Waals surface area contributed by atoms with E-state index in [1.807, 2.05) is 56.3 Å². The molecule has 2 rings (SSSR count). The predicted molar refractivity (Wildman–Crippen MR) is 117 cm³/mol. The standard InChI is InChI=1S/C24H31NO4/c1-4-17-29-21-10-8-7-9-20(21)12-14-24(26)25-16-15-19-11-13-22(27-5-2)23(18-19)28-6-3/h7-14,18H,4-6,15-17H2,1-3H3,(H,25,26)/b14-12+. The van der Waals surface area contributed by atoms with Crippen LogP contribution in [0, 0.1) is 0 Å². The number of nitrogens with one attached hydrogen (secondary N) is 1. The fraction of sp³-hybridized carbons (Fsp3) is 0.375. The van der Waals surface area contributed by atoms with Crippen LogP contribution in [-0.4, -0.2) is 32.3 Å². The molecule has 1 N–H and O–H groups in total. The first-order chi connectivity index (χ1) is 14.2. The molecular weight excluding hydrogens is 366 g/mol. The summed E-state index contributed by atoms with van der Waals surface area (Å²) in [6, 6.07) is 13.6. The van der Waals surface area contributed by atoms with Crippen molar-refractivity contribution in [3.05, 3.63) is 59.7 Å². The largest absolute Gasteiger partial charge is 0.493 e. The molecule has 0 bridgehead atoms. The lowest BCUT2D eigenvalue weighted by Gasteiger charge is -2.12. The van der Waals surface area contributed by atoms with Crippen molar-refractivity contribution < 1.29 is 19.0 Å². The number of hydrogen-bond donors (Lipinski definition) is 1. The lowest BCUT2D eigenvalue weighted by Crippen LogP contribution is -2.23. The van der Waals surface area contributed by atoms with Crippen LogP contribution in [0.25, 0.3) is 6.08 Å². The van der Waals surface area contributed by atoms with Crippen LogP contribution in [0.4, 0.5) is 0 Å². The Balaban J connectivity index is 1.88. The Morgan fingerprint density at radius 2 is 1.69 bits per heavy atom. The average molecular weight is 398 g/mol. The third-order valence-electron chi connectivity index (χ3n) is 4.12. The molecule has 1 amide bonds. The van der Waals surface area contributed by atoms with E-state index in [9.17, 15) is 4.79 Å². The van der Waals surface area contributed by atoms with Gasteiger partial charge >= 0.3 is 0 Å². The first-order valence-corrected chi connectivity index (χ1v) is 10.2. The van der Waals surface area contributed by atoms with Gasteiger partial charge in [0.2, 0.25) is 5.91 Å². The van der Waals surface area contributed by atoms with Crippen LogP contribution >= 0.6 is 0 Å². The van der Waals surface area contributed by atoms with E-state index in [0.29, 0.717) is 32.8 Å². The molecule has 0 spiro atoms. The topological polar surface area (TPSA) is 56.8 Å². The average Bonchev–Trinajstić information content (AvgIpc) is 2.73. The highest BCUT2D eigenvalue weighted by Gasteiger charge is 2.06. The van der Waals surface area contributed by atoms with E-state index in [-0.39, 0.29) is 5.91 Å². The maximum absolute atomic E-state index is 12.2. The van der Waals surface area contributed by atoms with Gasteiger partial charge in [-0.15, -0.1) is 0 Å². The van der Waals surface area contributed by atoms with Gasteiger partial charge in [-0.2, -0.15) is 0 Å². The van der Waals surface area contributed by atoms with Crippen molar-refractivity contribution in [3.8, 4) is 17.2 Å². The zero-order valence-electron chi connectivity index (χ0n) is 17.6. The van der Waals surface area contributed by atoms with Crippen molar-refractivity contribution in [3.63, 3.8) is 0 Å². The zero-order chi connectivity index (χ0) is 20.9. The minimum absolute atomic E-state index is 0.133. The summed E-state index contributed by atoms with van der Waals surface area (Å²) in [6.45, 7) is 8.32. The fourth-order valence-corrected chi connectivity index (χ4v) is 2.77. The van der Waals surface area contributed by atoms with E-state index in [1.165, 1.54) is 6.08 Å². The number of amides is 1. The summed E-state index contributed by atoms with van der Waals surface area (Å²) >= 11 is 0. The Labute approximate surface area is 173 Å². The van der Waals surface area contributed by atoms with Gasteiger partial charge in [0.05, 0.1) is 19.8 Å². The van der Waals surface area contributed by atoms with Crippen LogP contribution in [0.3, 0.4) is 0 Å². The number of para-hydroxylation sites is 1. The Bertz CT molecular complexity index is 801. The van der Waals surface area contributed by atoms with Gasteiger partial charge in [0.15, 0.2) is 11.5 Å². The highest BCUT2D eigenvalue weighted by Crippen LogP contribution is 2.28. The molecule has 0 heterocycles. The first-order valence-electron chi connectivity index (χ1n) is 10.2. The van der Waals surface area contributed by atoms with Gasteiger partial charge in [-0.3, -0.25) is 4.79 Å². The summed E-state index contributed by atoms with van der Waals surface area (Å²) in [4.78, 5) is 12.2. The normalized spacial score (nSPS) is 10.7. The minimum Gasteiger partial charge on any atom is -0.493 e. The van der Waals surface area contributed by atoms with E-state index >= 15 is 0 Å². The number of hydrogen-bond acceptors (Lipinski definition) is 4. The summed E-state index contributed by atoms with van der Waals surface area (Å²) in [6.07, 6.45) is 4.97. The highest BCUT2D eigenvalue weighted by molar-refractivity contribution is 5.92. The summed E-state index contributed by atoms with van der Waals surface area (Å²) in [5.74, 6) is 2.14. The van der Waals surface area contributed by atoms with Crippen molar-refractivity contribution in [2.24, 2.45) is 0 Å². The summed E-state index contributed by atoms with van der Waals surface area (Å²) in [5.41, 5.74) is 1.98. The molecule has 0 aliphatic carbocycles. The minimum atomic E-state index is -0.133. The van der Waals surface area contributed by atoms with Crippen LogP contribution < -0.4 is 19.5 Å². The summed E-state index contributed by atoms with van der Waals surface area (Å²) in [5, 5.41) is 2.92. The maximum Gasteiger partial charge on any atom is 0.244 e. The second kappa shape index (κ2) is 12.5. The SMILES string of the molecule is CCCOc1ccccc1/C=C/C(=O)NCCc1ccc(OCC)c(OCC)c1. The monoisotopic (exact) mass is 397 g/mol. The van der Waals surface area contributed by atoms with Crippen LogP contribution in [0.5, 0.6) is 17.2 Å². The Kier molecular flexibility index (Phi) is 9.63. The Morgan fingerprint density at radius 3 is 2.45 bits per heavy atom. The van der Waals surface area contributed by atoms with Crippen molar-refractivity contribution >= 4 is 12.0 Å². The smallest absolute Gasteiger partial charge is 0.244 e. The van der Waals surface area contributed by atoms with Gasteiger partial charge in [-0.05, 0) is 56.5 Å². The van der Waals surface area contributed by atoms with Crippen LogP contribution in [0.1, 0.15) is 38.3 Å². The van der Waals surface area contributed by atoms with Crippen molar-refractivity contribution in [2.45, 2.75) is 33.6 Å². The molecule has 2 aromatic carbocycles. The molecule has 0 fully saturated rings. The molecule has 5 heteroatoms. The second-order valence-corrected chi connectivity index (χ2v) is 6.41. The van der Waals surface area contributed by atoms with E-state index in [2.05, 4.69) is 12.2 Å². The molecule has 0 aliphatic rings. The lowest BCUT2D eigenvalue weighted by atomic mass is 10.1. The summed E-state index contributed by atoms with van der Waals surface area (Å²) in [7, 11) is 0. The van der Waals surface area contributed by atoms with E-state index in [0.717, 1.165) is 34.8 Å². The first kappa shape index (κ1) is 22.3. The lowest BCUT2D eigenvalue weighted by molar-refractivity contribution is -0.116. The van der Waals surface area contributed by atoms with Crippen LogP contribution in [-0.2, 0) is 11.2 Å². The summed E-state index contributed by atoms with van der Waals surface area (Å²) < 4.78 is 16.9. The number of benzene rings is 2. The zero-order valence-corrected chi connectivity index (χ0v) is 17.6. The molecule has 2 aromatic rings. The van der Waals surface area contributed by atoms with Crippen molar-refractivity contribution in [2.75, 3.05) is 26.4 Å². The molecule has 156 valence electrons. The van der Waals surface area contributed by atoms with Crippen LogP contribution in [0.15, 0.2) is 48.5 Å². The van der Waals surface area contributed by atoms with Crippen molar-refractivity contribution in [1.82, 2.24) is 5.32 Å². The molecule has 0 atom stereocenters. The molecule has 29 heavy (non-hydrogen) atoms. The van der Waals surface area contributed by atoms with E-state index < -0.39 is 0 Å². The van der Waals surface area contributed by atoms with Gasteiger partial charge in [-0.1, -0.05) is 31.2 Å². The van der Waals surface area contributed by atoms with Gasteiger partial charge in [-0.25, -0.2) is 0 Å². The number of rotatable bonds is 12. The number of carbonyl (C=O) groups excluding carboxylic acids is 1. The predicted octanol–water partition coefficient (Wildman–Crippen LogP) is 4.64. The third-order valence-corrected chi connectivity index (χ3v) is 4.12. The van der Waals surface area contributed by atoms with Gasteiger partial charge in [0.1, 0.15) is 5.75 Å². The Hall–Kier alpha value is -2.95. The molecule has 0 radical (unpaired) electrons. The van der Waals surface area contributed by atoms with E-state index in [4.69, 9.17) is 14.2 Å². The highest BCUT2D eigenvalue weighted by atomic mass is 16.5.